The summed E-state index contributed by atoms with van der Waals surface area (Å²) in [5.74, 6) is -0.149. The van der Waals surface area contributed by atoms with E-state index in [-0.39, 0.29) is 35.4 Å². The van der Waals surface area contributed by atoms with Gasteiger partial charge in [0, 0.05) is 36.7 Å². The highest BCUT2D eigenvalue weighted by Gasteiger charge is 2.33. The molecule has 0 aromatic carbocycles. The minimum atomic E-state index is -4.73. The third-order valence-electron chi connectivity index (χ3n) is 5.22. The second kappa shape index (κ2) is 10.1. The summed E-state index contributed by atoms with van der Waals surface area (Å²) in [6, 6.07) is 6.12. The first-order valence-electron chi connectivity index (χ1n) is 10.8. The van der Waals surface area contributed by atoms with Gasteiger partial charge in [-0.1, -0.05) is 6.07 Å². The van der Waals surface area contributed by atoms with Gasteiger partial charge in [0.05, 0.1) is 6.26 Å². The predicted molar refractivity (Wildman–Crippen MR) is 126 cm³/mol. The number of nitrogens with zero attached hydrogens (tertiary/aromatic N) is 5. The number of rotatable bonds is 6. The van der Waals surface area contributed by atoms with E-state index in [1.54, 1.807) is 6.08 Å². The molecule has 1 unspecified atom stereocenters. The first kappa shape index (κ1) is 27.1. The molecular formula is C22H19F6N7O2S. The molecule has 1 atom stereocenters. The minimum Gasteiger partial charge on any atom is -0.364 e. The third-order valence-corrected chi connectivity index (χ3v) is 6.38. The van der Waals surface area contributed by atoms with Crippen LogP contribution in [0.15, 0.2) is 54.9 Å². The summed E-state index contributed by atoms with van der Waals surface area (Å²) in [7, 11) is -3.44. The number of hydrogen-bond acceptors (Lipinski definition) is 8. The highest BCUT2D eigenvalue weighted by molar-refractivity contribution is 7.88. The number of alkyl halides is 6. The van der Waals surface area contributed by atoms with Crippen LogP contribution in [0.5, 0.6) is 0 Å². The molecule has 2 N–H and O–H groups in total. The Labute approximate surface area is 212 Å². The van der Waals surface area contributed by atoms with E-state index >= 15 is 0 Å². The molecule has 3 aromatic rings. The molecule has 202 valence electrons. The molecule has 0 spiro atoms. The Morgan fingerprint density at radius 1 is 0.947 bits per heavy atom. The zero-order valence-electron chi connectivity index (χ0n) is 19.4. The Hall–Kier alpha value is -3.95. The standard InChI is InChI=1S/C22H19F6N7O2S/c1-38(36,37)35-9-6-13(7-10-35)30-18-12-19(31-14-5-8-29-17(11-14)22(26,27)28)34-20(33-18)15-3-2-4-16(32-15)21(23,24)25/h2-6,8-9,11-13H,7,10H2,1H3,(H2,29,30,31,33,34). The molecule has 0 radical (unpaired) electrons. The zero-order chi connectivity index (χ0) is 27.7. The molecule has 0 fully saturated rings. The van der Waals surface area contributed by atoms with Crippen LogP contribution in [-0.2, 0) is 22.4 Å². The lowest BCUT2D eigenvalue weighted by molar-refractivity contribution is -0.141. The van der Waals surface area contributed by atoms with Crippen molar-refractivity contribution in [2.45, 2.75) is 24.8 Å². The summed E-state index contributed by atoms with van der Waals surface area (Å²) in [4.78, 5) is 15.3. The molecule has 16 heteroatoms. The highest BCUT2D eigenvalue weighted by Crippen LogP contribution is 2.31. The lowest BCUT2D eigenvalue weighted by Gasteiger charge is -2.26. The van der Waals surface area contributed by atoms with Crippen LogP contribution in [0.3, 0.4) is 0 Å². The van der Waals surface area contributed by atoms with E-state index in [9.17, 15) is 34.8 Å². The maximum atomic E-state index is 13.2. The average molecular weight is 559 g/mol. The molecule has 4 rings (SSSR count). The van der Waals surface area contributed by atoms with Gasteiger partial charge in [-0.25, -0.2) is 23.4 Å². The number of sulfonamides is 1. The number of hydrogen-bond donors (Lipinski definition) is 2. The van der Waals surface area contributed by atoms with E-state index in [1.165, 1.54) is 24.4 Å². The second-order valence-electron chi connectivity index (χ2n) is 8.18. The van der Waals surface area contributed by atoms with Crippen LogP contribution in [0.2, 0.25) is 0 Å². The van der Waals surface area contributed by atoms with Crippen LogP contribution in [-0.4, -0.2) is 51.5 Å². The quantitative estimate of drug-likeness (QED) is 0.419. The van der Waals surface area contributed by atoms with Crippen molar-refractivity contribution in [1.82, 2.24) is 24.2 Å². The van der Waals surface area contributed by atoms with Crippen molar-refractivity contribution in [1.29, 1.82) is 0 Å². The van der Waals surface area contributed by atoms with Gasteiger partial charge in [0.1, 0.15) is 28.7 Å². The summed E-state index contributed by atoms with van der Waals surface area (Å²) >= 11 is 0. The summed E-state index contributed by atoms with van der Waals surface area (Å²) in [6.45, 7) is 0.169. The van der Waals surface area contributed by atoms with Gasteiger partial charge in [0.2, 0.25) is 10.0 Å². The Morgan fingerprint density at radius 3 is 2.29 bits per heavy atom. The summed E-state index contributed by atoms with van der Waals surface area (Å²) in [5, 5.41) is 5.72. The summed E-state index contributed by atoms with van der Waals surface area (Å²) in [5.41, 5.74) is -2.58. The molecule has 1 aliphatic rings. The first-order valence-corrected chi connectivity index (χ1v) is 12.7. The highest BCUT2D eigenvalue weighted by atomic mass is 32.2. The van der Waals surface area contributed by atoms with Crippen LogP contribution in [0.1, 0.15) is 17.8 Å². The fraction of sp³-hybridized carbons (Fsp3) is 0.273. The van der Waals surface area contributed by atoms with Crippen molar-refractivity contribution in [2.24, 2.45) is 0 Å². The van der Waals surface area contributed by atoms with Crippen molar-refractivity contribution < 1.29 is 34.8 Å². The molecule has 0 aliphatic carbocycles. The Morgan fingerprint density at radius 2 is 1.66 bits per heavy atom. The predicted octanol–water partition coefficient (Wildman–Crippen LogP) is 4.67. The van der Waals surface area contributed by atoms with Crippen LogP contribution in [0.25, 0.3) is 11.5 Å². The van der Waals surface area contributed by atoms with Gasteiger partial charge in [0.15, 0.2) is 5.82 Å². The van der Waals surface area contributed by atoms with Gasteiger partial charge in [-0.3, -0.25) is 9.29 Å². The maximum absolute atomic E-state index is 13.2. The molecule has 0 saturated heterocycles. The van der Waals surface area contributed by atoms with E-state index < -0.39 is 39.8 Å². The summed E-state index contributed by atoms with van der Waals surface area (Å²) in [6.07, 6.45) is -4.13. The van der Waals surface area contributed by atoms with Crippen LogP contribution in [0, 0.1) is 0 Å². The van der Waals surface area contributed by atoms with Crippen molar-refractivity contribution >= 4 is 27.3 Å². The molecule has 0 bridgehead atoms. The van der Waals surface area contributed by atoms with Crippen LogP contribution >= 0.6 is 0 Å². The van der Waals surface area contributed by atoms with Crippen molar-refractivity contribution in [3.63, 3.8) is 0 Å². The number of nitrogens with one attached hydrogen (secondary N) is 2. The van der Waals surface area contributed by atoms with Crippen molar-refractivity contribution in [2.75, 3.05) is 23.4 Å². The largest absolute Gasteiger partial charge is 0.433 e. The van der Waals surface area contributed by atoms with Gasteiger partial charge in [-0.05, 0) is 36.8 Å². The van der Waals surface area contributed by atoms with E-state index in [1.807, 2.05) is 0 Å². The normalized spacial score (nSPS) is 16.4. The van der Waals surface area contributed by atoms with Gasteiger partial charge < -0.3 is 10.6 Å². The number of aromatic nitrogens is 4. The molecule has 3 aromatic heterocycles. The topological polar surface area (TPSA) is 113 Å². The number of pyridine rings is 2. The Balaban J connectivity index is 1.70. The maximum Gasteiger partial charge on any atom is 0.433 e. The molecule has 0 amide bonds. The molecule has 38 heavy (non-hydrogen) atoms. The molecular weight excluding hydrogens is 540 g/mol. The van der Waals surface area contributed by atoms with Gasteiger partial charge in [-0.2, -0.15) is 26.3 Å². The van der Waals surface area contributed by atoms with Crippen molar-refractivity contribution in [3.05, 3.63) is 66.3 Å². The molecule has 1 aliphatic heterocycles. The smallest absolute Gasteiger partial charge is 0.364 e. The fourth-order valence-electron chi connectivity index (χ4n) is 3.45. The molecule has 9 nitrogen and oxygen atoms in total. The molecule has 4 heterocycles. The minimum absolute atomic E-state index is 0.0266. The fourth-order valence-corrected chi connectivity index (χ4v) is 4.18. The van der Waals surface area contributed by atoms with Crippen LogP contribution in [0.4, 0.5) is 43.7 Å². The monoisotopic (exact) mass is 559 g/mol. The van der Waals surface area contributed by atoms with Crippen LogP contribution < -0.4 is 10.6 Å². The Bertz CT molecular complexity index is 1460. The van der Waals surface area contributed by atoms with Gasteiger partial charge >= 0.3 is 12.4 Å². The van der Waals surface area contributed by atoms with Crippen molar-refractivity contribution in [3.8, 4) is 11.5 Å². The van der Waals surface area contributed by atoms with Gasteiger partial charge in [0.25, 0.3) is 0 Å². The van der Waals surface area contributed by atoms with E-state index in [0.717, 1.165) is 35.0 Å². The van der Waals surface area contributed by atoms with E-state index in [0.29, 0.717) is 6.42 Å². The average Bonchev–Trinajstić information content (AvgIpc) is 2.83. The van der Waals surface area contributed by atoms with E-state index in [4.69, 9.17) is 0 Å². The zero-order valence-corrected chi connectivity index (χ0v) is 20.2. The van der Waals surface area contributed by atoms with Gasteiger partial charge in [-0.15, -0.1) is 0 Å². The lowest BCUT2D eigenvalue weighted by Crippen LogP contribution is -2.34. The summed E-state index contributed by atoms with van der Waals surface area (Å²) < 4.78 is 103. The number of anilines is 3. The SMILES string of the molecule is CS(=O)(=O)N1C=CC(Nc2cc(Nc3ccnc(C(F)(F)F)c3)nc(-c3cccc(C(F)(F)F)n3)n2)CC1. The second-order valence-corrected chi connectivity index (χ2v) is 10.1. The number of halogens is 6. The van der Waals surface area contributed by atoms with E-state index in [2.05, 4.69) is 30.6 Å². The molecule has 0 saturated carbocycles. The first-order chi connectivity index (χ1) is 17.7. The third kappa shape index (κ3) is 6.67. The Kier molecular flexibility index (Phi) is 7.18. The lowest BCUT2D eigenvalue weighted by atomic mass is 10.1.